The summed E-state index contributed by atoms with van der Waals surface area (Å²) in [6, 6.07) is 5.96. The minimum atomic E-state index is -0.0444. The van der Waals surface area contributed by atoms with Gasteiger partial charge in [0, 0.05) is 23.8 Å². The van der Waals surface area contributed by atoms with Crippen molar-refractivity contribution in [1.29, 1.82) is 0 Å². The van der Waals surface area contributed by atoms with Gasteiger partial charge in [0.25, 0.3) is 5.91 Å². The van der Waals surface area contributed by atoms with Gasteiger partial charge < -0.3 is 16.0 Å². The predicted molar refractivity (Wildman–Crippen MR) is 80.3 cm³/mol. The van der Waals surface area contributed by atoms with E-state index in [1.54, 1.807) is 6.07 Å². The maximum atomic E-state index is 12.0. The Balaban J connectivity index is 2.42. The molecule has 4 nitrogen and oxygen atoms in total. The summed E-state index contributed by atoms with van der Waals surface area (Å²) >= 11 is 0. The first-order valence-electron chi connectivity index (χ1n) is 6.77. The summed E-state index contributed by atoms with van der Waals surface area (Å²) in [5.41, 5.74) is 7.97. The highest BCUT2D eigenvalue weighted by Gasteiger charge is 2.10. The molecule has 0 radical (unpaired) electrons. The van der Waals surface area contributed by atoms with E-state index in [0.717, 1.165) is 18.5 Å². The SMILES string of the molecule is Cc1c(N)cccc1C(=O)NCCCN(C)C(C)C. The molecule has 0 heterocycles. The van der Waals surface area contributed by atoms with Gasteiger partial charge in [-0.05, 0) is 58.5 Å². The van der Waals surface area contributed by atoms with Gasteiger partial charge in [-0.15, -0.1) is 0 Å². The summed E-state index contributed by atoms with van der Waals surface area (Å²) in [4.78, 5) is 14.3. The van der Waals surface area contributed by atoms with Crippen molar-refractivity contribution in [3.8, 4) is 0 Å². The molecule has 1 aromatic rings. The van der Waals surface area contributed by atoms with E-state index in [1.807, 2.05) is 19.1 Å². The highest BCUT2D eigenvalue weighted by atomic mass is 16.1. The Labute approximate surface area is 116 Å². The minimum absolute atomic E-state index is 0.0444. The van der Waals surface area contributed by atoms with Crippen LogP contribution in [0.15, 0.2) is 18.2 Å². The Morgan fingerprint density at radius 3 is 2.74 bits per heavy atom. The molecule has 19 heavy (non-hydrogen) atoms. The summed E-state index contributed by atoms with van der Waals surface area (Å²) in [5.74, 6) is -0.0444. The van der Waals surface area contributed by atoms with Crippen LogP contribution in [0.3, 0.4) is 0 Å². The number of hydrogen-bond acceptors (Lipinski definition) is 3. The second kappa shape index (κ2) is 7.14. The van der Waals surface area contributed by atoms with Gasteiger partial charge in [0.15, 0.2) is 0 Å². The quantitative estimate of drug-likeness (QED) is 0.610. The Hall–Kier alpha value is -1.55. The molecule has 0 fully saturated rings. The first-order valence-corrected chi connectivity index (χ1v) is 6.77. The van der Waals surface area contributed by atoms with Gasteiger partial charge in [0.05, 0.1) is 0 Å². The third-order valence-corrected chi connectivity index (χ3v) is 3.48. The second-order valence-electron chi connectivity index (χ2n) is 5.20. The monoisotopic (exact) mass is 263 g/mol. The van der Waals surface area contributed by atoms with Gasteiger partial charge >= 0.3 is 0 Å². The highest BCUT2D eigenvalue weighted by Crippen LogP contribution is 2.15. The number of amides is 1. The van der Waals surface area contributed by atoms with Crippen LogP contribution in [0, 0.1) is 6.92 Å². The smallest absolute Gasteiger partial charge is 0.251 e. The second-order valence-corrected chi connectivity index (χ2v) is 5.20. The summed E-state index contributed by atoms with van der Waals surface area (Å²) in [6.45, 7) is 7.86. The van der Waals surface area contributed by atoms with E-state index in [4.69, 9.17) is 5.73 Å². The van der Waals surface area contributed by atoms with Crippen LogP contribution >= 0.6 is 0 Å². The number of nitrogens with zero attached hydrogens (tertiary/aromatic N) is 1. The normalized spacial score (nSPS) is 11.1. The fourth-order valence-corrected chi connectivity index (χ4v) is 1.78. The molecule has 3 N–H and O–H groups in total. The molecule has 0 saturated heterocycles. The van der Waals surface area contributed by atoms with Crippen LogP contribution in [0.5, 0.6) is 0 Å². The average molecular weight is 263 g/mol. The molecule has 1 rings (SSSR count). The van der Waals surface area contributed by atoms with Crippen molar-refractivity contribution in [3.05, 3.63) is 29.3 Å². The number of rotatable bonds is 6. The van der Waals surface area contributed by atoms with E-state index in [2.05, 4.69) is 31.1 Å². The molecule has 1 amide bonds. The van der Waals surface area contributed by atoms with Gasteiger partial charge in [-0.3, -0.25) is 4.79 Å². The third kappa shape index (κ3) is 4.56. The van der Waals surface area contributed by atoms with Crippen LogP contribution in [0.4, 0.5) is 5.69 Å². The number of carbonyl (C=O) groups is 1. The van der Waals surface area contributed by atoms with Crippen LogP contribution in [-0.2, 0) is 0 Å². The van der Waals surface area contributed by atoms with E-state index >= 15 is 0 Å². The van der Waals surface area contributed by atoms with Gasteiger partial charge in [0.2, 0.25) is 0 Å². The number of nitrogens with two attached hydrogens (primary N) is 1. The fourth-order valence-electron chi connectivity index (χ4n) is 1.78. The number of carbonyl (C=O) groups excluding carboxylic acids is 1. The number of nitrogen functional groups attached to an aromatic ring is 1. The van der Waals surface area contributed by atoms with Crippen molar-refractivity contribution in [3.63, 3.8) is 0 Å². The fraction of sp³-hybridized carbons (Fsp3) is 0.533. The molecule has 0 aliphatic carbocycles. The molecule has 4 heteroatoms. The molecule has 0 unspecified atom stereocenters. The lowest BCUT2D eigenvalue weighted by atomic mass is 10.1. The van der Waals surface area contributed by atoms with Gasteiger partial charge in [0.1, 0.15) is 0 Å². The lowest BCUT2D eigenvalue weighted by Crippen LogP contribution is -2.31. The maximum Gasteiger partial charge on any atom is 0.251 e. The van der Waals surface area contributed by atoms with Crippen molar-refractivity contribution in [1.82, 2.24) is 10.2 Å². The summed E-state index contributed by atoms with van der Waals surface area (Å²) in [5, 5.41) is 2.94. The molecule has 0 bridgehead atoms. The number of anilines is 1. The van der Waals surface area contributed by atoms with Crippen LogP contribution in [-0.4, -0.2) is 37.0 Å². The van der Waals surface area contributed by atoms with Crippen LogP contribution < -0.4 is 11.1 Å². The molecule has 0 spiro atoms. The highest BCUT2D eigenvalue weighted by molar-refractivity contribution is 5.96. The van der Waals surface area contributed by atoms with Gasteiger partial charge in [-0.2, -0.15) is 0 Å². The maximum absolute atomic E-state index is 12.0. The van der Waals surface area contributed by atoms with Crippen molar-refractivity contribution >= 4 is 11.6 Å². The van der Waals surface area contributed by atoms with Gasteiger partial charge in [-0.1, -0.05) is 6.07 Å². The number of hydrogen-bond donors (Lipinski definition) is 2. The lowest BCUT2D eigenvalue weighted by molar-refractivity contribution is 0.0951. The van der Waals surface area contributed by atoms with Crippen LogP contribution in [0.25, 0.3) is 0 Å². The molecule has 106 valence electrons. The molecule has 0 atom stereocenters. The molecular weight excluding hydrogens is 238 g/mol. The summed E-state index contributed by atoms with van der Waals surface area (Å²) in [7, 11) is 2.09. The van der Waals surface area contributed by atoms with E-state index in [1.165, 1.54) is 0 Å². The van der Waals surface area contributed by atoms with Crippen LogP contribution in [0.1, 0.15) is 36.2 Å². The molecule has 0 aliphatic heterocycles. The molecule has 1 aromatic carbocycles. The largest absolute Gasteiger partial charge is 0.398 e. The zero-order valence-corrected chi connectivity index (χ0v) is 12.4. The van der Waals surface area contributed by atoms with E-state index in [9.17, 15) is 4.79 Å². The van der Waals surface area contributed by atoms with Crippen LogP contribution in [0.2, 0.25) is 0 Å². The Kier molecular flexibility index (Phi) is 5.83. The number of nitrogens with one attached hydrogen (secondary N) is 1. The standard InChI is InChI=1S/C15H25N3O/c1-11(2)18(4)10-6-9-17-15(19)13-7-5-8-14(16)12(13)3/h5,7-8,11H,6,9-10,16H2,1-4H3,(H,17,19). The molecule has 0 saturated carbocycles. The van der Waals surface area contributed by atoms with E-state index in [-0.39, 0.29) is 5.91 Å². The Morgan fingerprint density at radius 1 is 1.42 bits per heavy atom. The molecule has 0 aromatic heterocycles. The van der Waals surface area contributed by atoms with Gasteiger partial charge in [-0.25, -0.2) is 0 Å². The predicted octanol–water partition coefficient (Wildman–Crippen LogP) is 2.04. The first kappa shape index (κ1) is 15.5. The minimum Gasteiger partial charge on any atom is -0.398 e. The van der Waals surface area contributed by atoms with Crippen molar-refractivity contribution < 1.29 is 4.79 Å². The van der Waals surface area contributed by atoms with E-state index in [0.29, 0.717) is 23.8 Å². The average Bonchev–Trinajstić information content (AvgIpc) is 2.37. The van der Waals surface area contributed by atoms with E-state index < -0.39 is 0 Å². The van der Waals surface area contributed by atoms with Crippen molar-refractivity contribution in [2.75, 3.05) is 25.9 Å². The first-order chi connectivity index (χ1) is 8.93. The molecular formula is C15H25N3O. The number of benzene rings is 1. The Bertz CT molecular complexity index is 429. The zero-order valence-electron chi connectivity index (χ0n) is 12.4. The zero-order chi connectivity index (χ0) is 14.4. The summed E-state index contributed by atoms with van der Waals surface area (Å²) in [6.07, 6.45) is 0.946. The summed E-state index contributed by atoms with van der Waals surface area (Å²) < 4.78 is 0. The Morgan fingerprint density at radius 2 is 2.11 bits per heavy atom. The third-order valence-electron chi connectivity index (χ3n) is 3.48. The molecule has 0 aliphatic rings. The van der Waals surface area contributed by atoms with Crippen molar-refractivity contribution in [2.24, 2.45) is 0 Å². The topological polar surface area (TPSA) is 58.4 Å². The lowest BCUT2D eigenvalue weighted by Gasteiger charge is -2.20. The van der Waals surface area contributed by atoms with Crippen molar-refractivity contribution in [2.45, 2.75) is 33.2 Å².